The molecule has 16 heavy (non-hydrogen) atoms. The van der Waals surface area contributed by atoms with Crippen molar-refractivity contribution >= 4 is 18.0 Å². The van der Waals surface area contributed by atoms with Crippen molar-refractivity contribution < 1.29 is 4.74 Å². The Kier molecular flexibility index (Phi) is 1.94. The Morgan fingerprint density at radius 1 is 1.38 bits per heavy atom. The Morgan fingerprint density at radius 2 is 2.19 bits per heavy atom. The zero-order chi connectivity index (χ0) is 11.1. The molecule has 0 saturated carbocycles. The summed E-state index contributed by atoms with van der Waals surface area (Å²) in [6, 6.07) is 7.83. The van der Waals surface area contributed by atoms with E-state index in [2.05, 4.69) is 9.97 Å². The van der Waals surface area contributed by atoms with E-state index in [0.29, 0.717) is 16.5 Å². The highest BCUT2D eigenvalue weighted by Crippen LogP contribution is 2.36. The standard InChI is InChI=1S/C11H9N3OS/c12-9-7-5-6-3-1-2-4-8(6)15-10(7)14-11(16)13-9/h1-4H,5H2,(H3,12,13,14,16). The molecule has 2 aromatic rings. The van der Waals surface area contributed by atoms with Gasteiger partial charge in [-0.1, -0.05) is 18.2 Å². The summed E-state index contributed by atoms with van der Waals surface area (Å²) in [5.41, 5.74) is 7.83. The van der Waals surface area contributed by atoms with Gasteiger partial charge in [-0.2, -0.15) is 4.98 Å². The van der Waals surface area contributed by atoms with Crippen molar-refractivity contribution in [1.29, 1.82) is 0 Å². The topological polar surface area (TPSA) is 63.9 Å². The Labute approximate surface area is 97.1 Å². The van der Waals surface area contributed by atoms with E-state index in [1.807, 2.05) is 24.3 Å². The van der Waals surface area contributed by atoms with Crippen molar-refractivity contribution in [3.8, 4) is 11.6 Å². The minimum atomic E-state index is 0.343. The fourth-order valence-corrected chi connectivity index (χ4v) is 1.99. The maximum atomic E-state index is 5.86. The van der Waals surface area contributed by atoms with E-state index in [0.717, 1.165) is 23.3 Å². The van der Waals surface area contributed by atoms with Gasteiger partial charge >= 0.3 is 0 Å². The summed E-state index contributed by atoms with van der Waals surface area (Å²) in [6.45, 7) is 0. The number of aromatic nitrogens is 2. The minimum Gasteiger partial charge on any atom is -0.438 e. The number of benzene rings is 1. The molecule has 1 aromatic carbocycles. The second-order valence-electron chi connectivity index (χ2n) is 3.63. The Hall–Kier alpha value is -1.88. The molecule has 0 saturated heterocycles. The molecule has 0 radical (unpaired) electrons. The van der Waals surface area contributed by atoms with Crippen LogP contribution in [-0.2, 0) is 6.42 Å². The second kappa shape index (κ2) is 3.31. The van der Waals surface area contributed by atoms with Crippen LogP contribution in [0.5, 0.6) is 11.6 Å². The largest absolute Gasteiger partial charge is 0.438 e. The number of rotatable bonds is 0. The van der Waals surface area contributed by atoms with Gasteiger partial charge in [-0.3, -0.25) is 0 Å². The van der Waals surface area contributed by atoms with Gasteiger partial charge in [0.2, 0.25) is 10.7 Å². The molecule has 0 atom stereocenters. The van der Waals surface area contributed by atoms with Crippen molar-refractivity contribution in [2.75, 3.05) is 5.73 Å². The lowest BCUT2D eigenvalue weighted by Crippen LogP contribution is -2.09. The molecule has 80 valence electrons. The smallest absolute Gasteiger partial charge is 0.229 e. The SMILES string of the molecule is Nc1[nH]c(=S)nc2c1Cc1ccccc1O2. The number of nitrogens with zero attached hydrogens (tertiary/aromatic N) is 1. The molecule has 4 nitrogen and oxygen atoms in total. The molecule has 2 heterocycles. The molecule has 0 unspecified atom stereocenters. The van der Waals surface area contributed by atoms with Crippen LogP contribution in [0.25, 0.3) is 0 Å². The van der Waals surface area contributed by atoms with Crippen LogP contribution in [0.3, 0.4) is 0 Å². The number of anilines is 1. The van der Waals surface area contributed by atoms with Crippen LogP contribution in [0, 0.1) is 4.77 Å². The Bertz CT molecular complexity index is 621. The van der Waals surface area contributed by atoms with Crippen LogP contribution >= 0.6 is 12.2 Å². The van der Waals surface area contributed by atoms with Gasteiger partial charge in [-0.05, 0) is 23.8 Å². The Morgan fingerprint density at radius 3 is 3.06 bits per heavy atom. The number of ether oxygens (including phenoxy) is 1. The first-order valence-electron chi connectivity index (χ1n) is 4.88. The normalized spacial score (nSPS) is 12.5. The highest BCUT2D eigenvalue weighted by atomic mass is 32.1. The van der Waals surface area contributed by atoms with Crippen molar-refractivity contribution in [2.24, 2.45) is 0 Å². The zero-order valence-corrected chi connectivity index (χ0v) is 9.17. The molecule has 3 rings (SSSR count). The van der Waals surface area contributed by atoms with E-state index in [1.165, 1.54) is 0 Å². The molecule has 1 aliphatic heterocycles. The number of nitrogens with one attached hydrogen (secondary N) is 1. The number of hydrogen-bond acceptors (Lipinski definition) is 4. The first-order valence-corrected chi connectivity index (χ1v) is 5.29. The molecule has 3 N–H and O–H groups in total. The van der Waals surface area contributed by atoms with Gasteiger partial charge < -0.3 is 15.5 Å². The van der Waals surface area contributed by atoms with Crippen LogP contribution in [0.15, 0.2) is 24.3 Å². The summed E-state index contributed by atoms with van der Waals surface area (Å²) in [5.74, 6) is 1.87. The number of nitrogens with two attached hydrogens (primary N) is 1. The van der Waals surface area contributed by atoms with Crippen LogP contribution < -0.4 is 10.5 Å². The Balaban J connectivity index is 2.19. The van der Waals surface area contributed by atoms with Gasteiger partial charge in [-0.25, -0.2) is 0 Å². The molecule has 0 spiro atoms. The number of fused-ring (bicyclic) bond motifs is 2. The van der Waals surface area contributed by atoms with Gasteiger partial charge in [0.15, 0.2) is 0 Å². The first kappa shape index (κ1) is 9.35. The third kappa shape index (κ3) is 1.37. The summed E-state index contributed by atoms with van der Waals surface area (Å²) in [7, 11) is 0. The maximum absolute atomic E-state index is 5.86. The number of hydrogen-bond donors (Lipinski definition) is 2. The predicted octanol–water partition coefficient (Wildman–Crippen LogP) is 2.42. The summed E-state index contributed by atoms with van der Waals surface area (Å²) in [4.78, 5) is 6.96. The van der Waals surface area contributed by atoms with Crippen molar-refractivity contribution in [2.45, 2.75) is 6.42 Å². The van der Waals surface area contributed by atoms with Crippen LogP contribution in [0.4, 0.5) is 5.82 Å². The fourth-order valence-electron chi connectivity index (χ4n) is 1.79. The third-order valence-corrected chi connectivity index (χ3v) is 2.77. The predicted molar refractivity (Wildman–Crippen MR) is 63.2 cm³/mol. The average Bonchev–Trinajstić information content (AvgIpc) is 2.27. The lowest BCUT2D eigenvalue weighted by molar-refractivity contribution is 0.439. The average molecular weight is 231 g/mol. The highest BCUT2D eigenvalue weighted by molar-refractivity contribution is 7.71. The van der Waals surface area contributed by atoms with Crippen LogP contribution in [0.1, 0.15) is 11.1 Å². The lowest BCUT2D eigenvalue weighted by Gasteiger charge is -2.19. The number of nitrogen functional groups attached to an aromatic ring is 1. The maximum Gasteiger partial charge on any atom is 0.229 e. The molecule has 1 aromatic heterocycles. The monoisotopic (exact) mass is 231 g/mol. The van der Waals surface area contributed by atoms with Crippen molar-refractivity contribution in [1.82, 2.24) is 9.97 Å². The van der Waals surface area contributed by atoms with Gasteiger partial charge in [0.05, 0.1) is 5.56 Å². The highest BCUT2D eigenvalue weighted by Gasteiger charge is 2.20. The molecule has 5 heteroatoms. The van der Waals surface area contributed by atoms with Crippen LogP contribution in [-0.4, -0.2) is 9.97 Å². The van der Waals surface area contributed by atoms with E-state index in [4.69, 9.17) is 22.7 Å². The summed E-state index contributed by atoms with van der Waals surface area (Å²) in [6.07, 6.45) is 0.719. The molecule has 0 aliphatic carbocycles. The van der Waals surface area contributed by atoms with Crippen molar-refractivity contribution in [3.05, 3.63) is 40.2 Å². The summed E-state index contributed by atoms with van der Waals surface area (Å²) in [5, 5.41) is 0. The molecule has 0 fully saturated rings. The van der Waals surface area contributed by atoms with E-state index >= 15 is 0 Å². The summed E-state index contributed by atoms with van der Waals surface area (Å²) < 4.78 is 6.00. The van der Waals surface area contributed by atoms with E-state index < -0.39 is 0 Å². The van der Waals surface area contributed by atoms with Gasteiger partial charge in [0.25, 0.3) is 0 Å². The second-order valence-corrected chi connectivity index (χ2v) is 4.01. The van der Waals surface area contributed by atoms with Gasteiger partial charge in [0, 0.05) is 6.42 Å². The number of para-hydroxylation sites is 1. The number of aromatic amines is 1. The zero-order valence-electron chi connectivity index (χ0n) is 8.36. The van der Waals surface area contributed by atoms with E-state index in [1.54, 1.807) is 0 Å². The first-order chi connectivity index (χ1) is 7.74. The summed E-state index contributed by atoms with van der Waals surface area (Å²) >= 11 is 4.96. The lowest BCUT2D eigenvalue weighted by atomic mass is 10.0. The minimum absolute atomic E-state index is 0.343. The van der Waals surface area contributed by atoms with Gasteiger partial charge in [-0.15, -0.1) is 0 Å². The van der Waals surface area contributed by atoms with Crippen molar-refractivity contribution in [3.63, 3.8) is 0 Å². The number of H-pyrrole nitrogens is 1. The van der Waals surface area contributed by atoms with E-state index in [9.17, 15) is 0 Å². The molecule has 0 bridgehead atoms. The third-order valence-electron chi connectivity index (χ3n) is 2.57. The molecule has 0 amide bonds. The van der Waals surface area contributed by atoms with E-state index in [-0.39, 0.29) is 0 Å². The molecule has 1 aliphatic rings. The fraction of sp³-hybridized carbons (Fsp3) is 0.0909. The quantitative estimate of drug-likeness (QED) is 0.583. The molecular weight excluding hydrogens is 222 g/mol. The van der Waals surface area contributed by atoms with Gasteiger partial charge in [0.1, 0.15) is 11.6 Å². The van der Waals surface area contributed by atoms with Crippen LogP contribution in [0.2, 0.25) is 0 Å². The molecular formula is C11H9N3OS.